The first-order chi connectivity index (χ1) is 6.75. The van der Waals surface area contributed by atoms with Crippen molar-refractivity contribution >= 4 is 0 Å². The van der Waals surface area contributed by atoms with E-state index in [1.807, 2.05) is 0 Å². The van der Waals surface area contributed by atoms with Crippen molar-refractivity contribution in [3.63, 3.8) is 0 Å². The molecule has 1 fully saturated rings. The van der Waals surface area contributed by atoms with Crippen LogP contribution in [-0.4, -0.2) is 0 Å². The van der Waals surface area contributed by atoms with Crippen molar-refractivity contribution in [1.29, 1.82) is 0 Å². The Morgan fingerprint density at radius 1 is 1.00 bits per heavy atom. The van der Waals surface area contributed by atoms with Gasteiger partial charge in [0.05, 0.1) is 0 Å². The van der Waals surface area contributed by atoms with Crippen LogP contribution in [0.4, 0.5) is 0 Å². The second-order valence-corrected chi connectivity index (χ2v) is 6.61. The molecule has 1 saturated carbocycles. The Balaban J connectivity index is 2.79. The Labute approximate surface area is 95.5 Å². The van der Waals surface area contributed by atoms with Crippen molar-refractivity contribution in [3.05, 3.63) is 24.3 Å². The molecule has 0 heteroatoms. The Morgan fingerprint density at radius 2 is 1.47 bits per heavy atom. The van der Waals surface area contributed by atoms with Crippen LogP contribution in [0.3, 0.4) is 0 Å². The smallest absolute Gasteiger partial charge is 0.0218 e. The average Bonchev–Trinajstić information content (AvgIpc) is 2.22. The first-order valence-corrected chi connectivity index (χ1v) is 6.04. The quantitative estimate of drug-likeness (QED) is 0.560. The van der Waals surface area contributed by atoms with E-state index in [-0.39, 0.29) is 0 Å². The monoisotopic (exact) mass is 206 g/mol. The van der Waals surface area contributed by atoms with Crippen LogP contribution in [0.25, 0.3) is 0 Å². The lowest BCUT2D eigenvalue weighted by Gasteiger charge is -2.31. The van der Waals surface area contributed by atoms with Crippen molar-refractivity contribution in [3.8, 4) is 0 Å². The van der Waals surface area contributed by atoms with Gasteiger partial charge in [-0.1, -0.05) is 25.0 Å². The molecule has 1 aliphatic carbocycles. The van der Waals surface area contributed by atoms with Crippen LogP contribution < -0.4 is 0 Å². The fraction of sp³-hybridized carbons (Fsp3) is 0.733. The van der Waals surface area contributed by atoms with E-state index in [0.717, 1.165) is 0 Å². The van der Waals surface area contributed by atoms with Crippen LogP contribution in [0.1, 0.15) is 59.8 Å². The molecule has 0 radical (unpaired) electrons. The van der Waals surface area contributed by atoms with Gasteiger partial charge >= 0.3 is 0 Å². The molecule has 1 rings (SSSR count). The second kappa shape index (κ2) is 4.15. The molecule has 0 atom stereocenters. The van der Waals surface area contributed by atoms with Crippen LogP contribution in [0, 0.1) is 10.8 Å². The summed E-state index contributed by atoms with van der Waals surface area (Å²) in [6, 6.07) is 0. The van der Waals surface area contributed by atoms with Crippen molar-refractivity contribution in [2.24, 2.45) is 10.8 Å². The van der Waals surface area contributed by atoms with Gasteiger partial charge in [-0.3, -0.25) is 0 Å². The summed E-state index contributed by atoms with van der Waals surface area (Å²) in [5, 5.41) is 0. The van der Waals surface area contributed by atoms with Gasteiger partial charge in [-0.25, -0.2) is 0 Å². The van der Waals surface area contributed by atoms with Gasteiger partial charge in [0, 0.05) is 0 Å². The van der Waals surface area contributed by atoms with Gasteiger partial charge in [0.25, 0.3) is 0 Å². The Bertz CT molecular complexity index is 252. The van der Waals surface area contributed by atoms with E-state index in [4.69, 9.17) is 0 Å². The molecule has 1 aliphatic rings. The van der Waals surface area contributed by atoms with E-state index in [1.165, 1.54) is 43.3 Å². The summed E-state index contributed by atoms with van der Waals surface area (Å²) in [7, 11) is 0. The third-order valence-electron chi connectivity index (χ3n) is 3.54. The number of hydrogen-bond acceptors (Lipinski definition) is 0. The molecule has 0 heterocycles. The summed E-state index contributed by atoms with van der Waals surface area (Å²) in [5.41, 5.74) is 3.65. The number of allylic oxidation sites excluding steroid dienone is 2. The molecule has 0 saturated heterocycles. The molecule has 0 aliphatic heterocycles. The molecule has 0 amide bonds. The first-order valence-electron chi connectivity index (χ1n) is 6.04. The lowest BCUT2D eigenvalue weighted by atomic mass is 9.73. The fourth-order valence-corrected chi connectivity index (χ4v) is 3.44. The van der Waals surface area contributed by atoms with E-state index >= 15 is 0 Å². The van der Waals surface area contributed by atoms with Crippen molar-refractivity contribution < 1.29 is 0 Å². The summed E-state index contributed by atoms with van der Waals surface area (Å²) in [5.74, 6) is 0. The Morgan fingerprint density at radius 3 is 1.73 bits per heavy atom. The van der Waals surface area contributed by atoms with Gasteiger partial charge in [0.2, 0.25) is 0 Å². The molecule has 0 nitrogen and oxygen atoms in total. The maximum absolute atomic E-state index is 4.09. The van der Waals surface area contributed by atoms with Crippen molar-refractivity contribution in [1.82, 2.24) is 0 Å². The SMILES string of the molecule is C=C(C)CC1(CC(=C)C)CCC(C)(C)C1. The summed E-state index contributed by atoms with van der Waals surface area (Å²) < 4.78 is 0. The largest absolute Gasteiger partial charge is 0.100 e. The maximum atomic E-state index is 4.09. The Hall–Kier alpha value is -0.520. The molecule has 0 aromatic heterocycles. The number of rotatable bonds is 4. The lowest BCUT2D eigenvalue weighted by molar-refractivity contribution is 0.248. The summed E-state index contributed by atoms with van der Waals surface area (Å²) in [6.45, 7) is 17.3. The van der Waals surface area contributed by atoms with Gasteiger partial charge < -0.3 is 0 Å². The molecule has 0 spiro atoms. The predicted molar refractivity (Wildman–Crippen MR) is 68.9 cm³/mol. The third-order valence-corrected chi connectivity index (χ3v) is 3.54. The summed E-state index contributed by atoms with van der Waals surface area (Å²) in [4.78, 5) is 0. The third kappa shape index (κ3) is 3.52. The first kappa shape index (κ1) is 12.5. The molecule has 0 bridgehead atoms. The molecular weight excluding hydrogens is 180 g/mol. The van der Waals surface area contributed by atoms with Gasteiger partial charge in [0.15, 0.2) is 0 Å². The van der Waals surface area contributed by atoms with Gasteiger partial charge in [0.1, 0.15) is 0 Å². The van der Waals surface area contributed by atoms with Crippen molar-refractivity contribution in [2.45, 2.75) is 59.8 Å². The molecular formula is C15H26. The minimum absolute atomic E-state index is 0.473. The highest BCUT2D eigenvalue weighted by atomic mass is 14.5. The molecule has 0 aromatic carbocycles. The highest BCUT2D eigenvalue weighted by Gasteiger charge is 2.42. The van der Waals surface area contributed by atoms with Gasteiger partial charge in [-0.15, -0.1) is 13.2 Å². The second-order valence-electron chi connectivity index (χ2n) is 6.61. The lowest BCUT2D eigenvalue weighted by Crippen LogP contribution is -2.19. The van der Waals surface area contributed by atoms with E-state index < -0.39 is 0 Å². The topological polar surface area (TPSA) is 0 Å². The Kier molecular flexibility index (Phi) is 3.48. The zero-order chi connectivity index (χ0) is 11.7. The molecule has 0 unspecified atom stereocenters. The molecule has 0 N–H and O–H groups in total. The summed E-state index contributed by atoms with van der Waals surface area (Å²) in [6.07, 6.45) is 6.40. The zero-order valence-electron chi connectivity index (χ0n) is 10.9. The zero-order valence-corrected chi connectivity index (χ0v) is 10.9. The van der Waals surface area contributed by atoms with Crippen LogP contribution in [0.2, 0.25) is 0 Å². The highest BCUT2D eigenvalue weighted by Crippen LogP contribution is 2.54. The standard InChI is InChI=1S/C15H26/c1-12(2)9-15(10-13(3)4)8-7-14(5,6)11-15/h1,3,7-11H2,2,4-6H3. The number of hydrogen-bond donors (Lipinski definition) is 0. The van der Waals surface area contributed by atoms with Crippen LogP contribution in [-0.2, 0) is 0 Å². The van der Waals surface area contributed by atoms with E-state index in [9.17, 15) is 0 Å². The van der Waals surface area contributed by atoms with Crippen LogP contribution in [0.5, 0.6) is 0 Å². The minimum Gasteiger partial charge on any atom is -0.100 e. The van der Waals surface area contributed by atoms with E-state index in [2.05, 4.69) is 40.9 Å². The maximum Gasteiger partial charge on any atom is -0.0218 e. The summed E-state index contributed by atoms with van der Waals surface area (Å²) >= 11 is 0. The van der Waals surface area contributed by atoms with E-state index in [1.54, 1.807) is 0 Å². The fourth-order valence-electron chi connectivity index (χ4n) is 3.44. The van der Waals surface area contributed by atoms with Gasteiger partial charge in [-0.05, 0) is 56.8 Å². The normalized spacial score (nSPS) is 22.7. The molecule has 0 aromatic rings. The predicted octanol–water partition coefficient (Wildman–Crippen LogP) is 5.12. The molecule has 86 valence electrons. The van der Waals surface area contributed by atoms with Crippen LogP contribution >= 0.6 is 0 Å². The average molecular weight is 206 g/mol. The van der Waals surface area contributed by atoms with Crippen molar-refractivity contribution in [2.75, 3.05) is 0 Å². The molecule has 15 heavy (non-hydrogen) atoms. The highest BCUT2D eigenvalue weighted by molar-refractivity contribution is 5.07. The van der Waals surface area contributed by atoms with E-state index in [0.29, 0.717) is 10.8 Å². The van der Waals surface area contributed by atoms with Crippen LogP contribution in [0.15, 0.2) is 24.3 Å². The minimum atomic E-state index is 0.473. The van der Waals surface area contributed by atoms with Gasteiger partial charge in [-0.2, -0.15) is 0 Å².